The molecular formula is C14H11FN2O. The monoisotopic (exact) mass is 242 g/mol. The smallest absolute Gasteiger partial charge is 0.179 e. The van der Waals surface area contributed by atoms with Crippen LogP contribution >= 0.6 is 0 Å². The fourth-order valence-electron chi connectivity index (χ4n) is 2.08. The Kier molecular flexibility index (Phi) is 2.48. The van der Waals surface area contributed by atoms with Gasteiger partial charge in [0.25, 0.3) is 0 Å². The Labute approximate surface area is 103 Å². The highest BCUT2D eigenvalue weighted by atomic mass is 19.1. The number of rotatable bonds is 2. The maximum absolute atomic E-state index is 13.7. The van der Waals surface area contributed by atoms with E-state index >= 15 is 0 Å². The minimum absolute atomic E-state index is 0.251. The number of nitrogens with zero attached hydrogens (tertiary/aromatic N) is 2. The van der Waals surface area contributed by atoms with E-state index in [-0.39, 0.29) is 11.6 Å². The highest BCUT2D eigenvalue weighted by Crippen LogP contribution is 2.31. The number of aromatic nitrogens is 2. The van der Waals surface area contributed by atoms with Gasteiger partial charge in [0.1, 0.15) is 0 Å². The van der Waals surface area contributed by atoms with E-state index in [0.29, 0.717) is 5.52 Å². The molecule has 0 N–H and O–H groups in total. The van der Waals surface area contributed by atoms with Crippen molar-refractivity contribution in [3.05, 3.63) is 54.7 Å². The summed E-state index contributed by atoms with van der Waals surface area (Å²) in [5, 5.41) is 0.928. The molecule has 0 radical (unpaired) electrons. The maximum atomic E-state index is 13.7. The molecule has 0 saturated heterocycles. The molecule has 0 aliphatic heterocycles. The minimum Gasteiger partial charge on any atom is -0.492 e. The molecule has 0 unspecified atom stereocenters. The third-order valence-electron chi connectivity index (χ3n) is 2.89. The van der Waals surface area contributed by atoms with Crippen LogP contribution in [0.5, 0.6) is 5.75 Å². The highest BCUT2D eigenvalue weighted by molar-refractivity contribution is 5.87. The van der Waals surface area contributed by atoms with Crippen LogP contribution in [-0.4, -0.2) is 16.7 Å². The van der Waals surface area contributed by atoms with Crippen LogP contribution < -0.4 is 4.74 Å². The lowest BCUT2D eigenvalue weighted by atomic mass is 10.2. The zero-order valence-electron chi connectivity index (χ0n) is 9.80. The van der Waals surface area contributed by atoms with Crippen LogP contribution in [0.15, 0.2) is 48.9 Å². The Morgan fingerprint density at radius 1 is 1.22 bits per heavy atom. The number of benzene rings is 1. The van der Waals surface area contributed by atoms with Gasteiger partial charge >= 0.3 is 0 Å². The van der Waals surface area contributed by atoms with Crippen molar-refractivity contribution in [2.24, 2.45) is 0 Å². The summed E-state index contributed by atoms with van der Waals surface area (Å²) < 4.78 is 20.8. The lowest BCUT2D eigenvalue weighted by Gasteiger charge is -2.09. The molecule has 0 spiro atoms. The van der Waals surface area contributed by atoms with Crippen LogP contribution in [0.25, 0.3) is 16.6 Å². The van der Waals surface area contributed by atoms with E-state index in [9.17, 15) is 4.39 Å². The van der Waals surface area contributed by atoms with Crippen LogP contribution in [0.2, 0.25) is 0 Å². The average Bonchev–Trinajstić information content (AvgIpc) is 2.83. The average molecular weight is 242 g/mol. The van der Waals surface area contributed by atoms with Gasteiger partial charge in [-0.15, -0.1) is 0 Å². The fraction of sp³-hybridized carbons (Fsp3) is 0.0714. The summed E-state index contributed by atoms with van der Waals surface area (Å²) >= 11 is 0. The maximum Gasteiger partial charge on any atom is 0.179 e. The molecular weight excluding hydrogens is 231 g/mol. The molecule has 0 saturated carbocycles. The molecule has 0 atom stereocenters. The molecule has 4 heteroatoms. The van der Waals surface area contributed by atoms with Crippen molar-refractivity contribution in [1.82, 2.24) is 9.55 Å². The Morgan fingerprint density at radius 3 is 2.83 bits per heavy atom. The van der Waals surface area contributed by atoms with Gasteiger partial charge in [-0.3, -0.25) is 4.98 Å². The summed E-state index contributed by atoms with van der Waals surface area (Å²) in [4.78, 5) is 4.07. The first-order valence-electron chi connectivity index (χ1n) is 5.55. The van der Waals surface area contributed by atoms with Gasteiger partial charge in [-0.25, -0.2) is 4.39 Å². The van der Waals surface area contributed by atoms with Crippen molar-refractivity contribution < 1.29 is 9.13 Å². The number of fused-ring (bicyclic) bond motifs is 1. The Hall–Kier alpha value is -2.36. The SMILES string of the molecule is COc1c(F)ccc2ccn(-c3cccnc3)c12. The largest absolute Gasteiger partial charge is 0.492 e. The van der Waals surface area contributed by atoms with Crippen molar-refractivity contribution in [2.45, 2.75) is 0 Å². The lowest BCUT2D eigenvalue weighted by molar-refractivity contribution is 0.390. The summed E-state index contributed by atoms with van der Waals surface area (Å²) in [6.07, 6.45) is 5.31. The van der Waals surface area contributed by atoms with Gasteiger partial charge in [0, 0.05) is 17.8 Å². The van der Waals surface area contributed by atoms with E-state index in [2.05, 4.69) is 4.98 Å². The Balaban J connectivity index is 2.34. The van der Waals surface area contributed by atoms with E-state index in [1.807, 2.05) is 29.0 Å². The predicted molar refractivity (Wildman–Crippen MR) is 67.6 cm³/mol. The van der Waals surface area contributed by atoms with Crippen LogP contribution in [0.1, 0.15) is 0 Å². The molecule has 3 rings (SSSR count). The molecule has 0 aliphatic carbocycles. The quantitative estimate of drug-likeness (QED) is 0.690. The summed E-state index contributed by atoms with van der Waals surface area (Å²) in [5.74, 6) is -0.116. The first-order chi connectivity index (χ1) is 8.81. The van der Waals surface area contributed by atoms with Gasteiger partial charge in [-0.1, -0.05) is 0 Å². The molecule has 0 bridgehead atoms. The van der Waals surface area contributed by atoms with Gasteiger partial charge in [0.2, 0.25) is 0 Å². The molecule has 18 heavy (non-hydrogen) atoms. The minimum atomic E-state index is -0.367. The molecule has 2 aromatic heterocycles. The fourth-order valence-corrected chi connectivity index (χ4v) is 2.08. The van der Waals surface area contributed by atoms with Crippen molar-refractivity contribution >= 4 is 10.9 Å². The van der Waals surface area contributed by atoms with E-state index in [1.165, 1.54) is 13.2 Å². The summed E-state index contributed by atoms with van der Waals surface area (Å²) in [6.45, 7) is 0. The molecule has 0 fully saturated rings. The van der Waals surface area contributed by atoms with E-state index in [4.69, 9.17) is 4.74 Å². The third kappa shape index (κ3) is 1.54. The van der Waals surface area contributed by atoms with Crippen molar-refractivity contribution in [1.29, 1.82) is 0 Å². The standard InChI is InChI=1S/C14H11FN2O/c1-18-14-12(15)5-4-10-6-8-17(13(10)14)11-3-2-7-16-9-11/h2-9H,1H3. The molecule has 3 nitrogen and oxygen atoms in total. The second-order valence-electron chi connectivity index (χ2n) is 3.92. The van der Waals surface area contributed by atoms with Crippen LogP contribution in [0.4, 0.5) is 4.39 Å². The highest BCUT2D eigenvalue weighted by Gasteiger charge is 2.13. The Morgan fingerprint density at radius 2 is 2.11 bits per heavy atom. The molecule has 3 aromatic rings. The number of halogens is 1. The summed E-state index contributed by atoms with van der Waals surface area (Å²) in [7, 11) is 1.47. The summed E-state index contributed by atoms with van der Waals surface area (Å²) in [5.41, 5.74) is 1.59. The second kappa shape index (κ2) is 4.14. The summed E-state index contributed by atoms with van der Waals surface area (Å²) in [6, 6.07) is 8.82. The van der Waals surface area contributed by atoms with E-state index in [0.717, 1.165) is 11.1 Å². The molecule has 0 aliphatic rings. The van der Waals surface area contributed by atoms with Gasteiger partial charge < -0.3 is 9.30 Å². The predicted octanol–water partition coefficient (Wildman–Crippen LogP) is 3.17. The van der Waals surface area contributed by atoms with E-state index < -0.39 is 0 Å². The third-order valence-corrected chi connectivity index (χ3v) is 2.89. The van der Waals surface area contributed by atoms with Crippen molar-refractivity contribution in [3.63, 3.8) is 0 Å². The van der Waals surface area contributed by atoms with Gasteiger partial charge in [-0.05, 0) is 30.3 Å². The van der Waals surface area contributed by atoms with Crippen molar-refractivity contribution in [2.75, 3.05) is 7.11 Å². The second-order valence-corrected chi connectivity index (χ2v) is 3.92. The van der Waals surface area contributed by atoms with Gasteiger partial charge in [0.15, 0.2) is 11.6 Å². The lowest BCUT2D eigenvalue weighted by Crippen LogP contribution is -1.96. The van der Waals surface area contributed by atoms with Crippen molar-refractivity contribution in [3.8, 4) is 11.4 Å². The number of hydrogen-bond donors (Lipinski definition) is 0. The van der Waals surface area contributed by atoms with Crippen LogP contribution in [0, 0.1) is 5.82 Å². The van der Waals surface area contributed by atoms with Gasteiger partial charge in [-0.2, -0.15) is 0 Å². The zero-order valence-corrected chi connectivity index (χ0v) is 9.80. The molecule has 90 valence electrons. The van der Waals surface area contributed by atoms with Gasteiger partial charge in [0.05, 0.1) is 24.5 Å². The van der Waals surface area contributed by atoms with Crippen LogP contribution in [0.3, 0.4) is 0 Å². The topological polar surface area (TPSA) is 27.1 Å². The molecule has 0 amide bonds. The molecule has 2 heterocycles. The number of ether oxygens (including phenoxy) is 1. The molecule has 1 aromatic carbocycles. The number of methoxy groups -OCH3 is 1. The first-order valence-corrected chi connectivity index (χ1v) is 5.55. The van der Waals surface area contributed by atoms with E-state index in [1.54, 1.807) is 18.5 Å². The first kappa shape index (κ1) is 10.8. The Bertz CT molecular complexity index is 692. The number of pyridine rings is 1. The normalized spacial score (nSPS) is 10.8. The zero-order chi connectivity index (χ0) is 12.5. The van der Waals surface area contributed by atoms with Crippen LogP contribution in [-0.2, 0) is 0 Å². The number of hydrogen-bond acceptors (Lipinski definition) is 2.